The molecule has 0 saturated heterocycles. The van der Waals surface area contributed by atoms with E-state index in [1.54, 1.807) is 12.1 Å². The van der Waals surface area contributed by atoms with E-state index in [2.05, 4.69) is 0 Å². The van der Waals surface area contributed by atoms with E-state index < -0.39 is 11.6 Å². The largest absolute Gasteiger partial charge is 0.456 e. The number of rotatable bonds is 4. The van der Waals surface area contributed by atoms with E-state index in [1.165, 1.54) is 6.07 Å². The fourth-order valence-corrected chi connectivity index (χ4v) is 1.86. The van der Waals surface area contributed by atoms with E-state index >= 15 is 0 Å². The number of benzene rings is 2. The zero-order valence-corrected chi connectivity index (χ0v) is 10.8. The monoisotopic (exact) mass is 283 g/mol. The van der Waals surface area contributed by atoms with E-state index in [4.69, 9.17) is 22.1 Å². The number of ether oxygens (including phenoxy) is 1. The van der Waals surface area contributed by atoms with Crippen molar-refractivity contribution in [2.75, 3.05) is 6.54 Å². The van der Waals surface area contributed by atoms with Crippen molar-refractivity contribution in [3.8, 4) is 11.5 Å². The van der Waals surface area contributed by atoms with Crippen LogP contribution < -0.4 is 10.5 Å². The summed E-state index contributed by atoms with van der Waals surface area (Å²) >= 11 is 6.05. The lowest BCUT2D eigenvalue weighted by Gasteiger charge is -2.09. The Bertz CT molecular complexity index is 590. The van der Waals surface area contributed by atoms with Crippen LogP contribution in [0.5, 0.6) is 11.5 Å². The minimum atomic E-state index is -0.964. The Balaban J connectivity index is 2.20. The van der Waals surface area contributed by atoms with Gasteiger partial charge >= 0.3 is 0 Å². The van der Waals surface area contributed by atoms with Gasteiger partial charge in [-0.2, -0.15) is 0 Å². The predicted molar refractivity (Wildman–Crippen MR) is 70.6 cm³/mol. The molecule has 0 saturated carbocycles. The number of nitrogens with two attached hydrogens (primary N) is 1. The number of halogens is 3. The highest BCUT2D eigenvalue weighted by molar-refractivity contribution is 6.32. The second-order valence-corrected chi connectivity index (χ2v) is 4.39. The molecule has 2 nitrogen and oxygen atoms in total. The minimum Gasteiger partial charge on any atom is -0.456 e. The van der Waals surface area contributed by atoms with Crippen molar-refractivity contribution in [3.05, 3.63) is 58.6 Å². The molecule has 0 heterocycles. The van der Waals surface area contributed by atoms with Crippen LogP contribution in [0.2, 0.25) is 5.02 Å². The molecule has 0 aliphatic rings. The summed E-state index contributed by atoms with van der Waals surface area (Å²) < 4.78 is 31.2. The molecule has 0 amide bonds. The van der Waals surface area contributed by atoms with Crippen molar-refractivity contribution in [2.45, 2.75) is 6.42 Å². The molecule has 0 spiro atoms. The maximum Gasteiger partial charge on any atom is 0.162 e. The molecule has 0 unspecified atom stereocenters. The van der Waals surface area contributed by atoms with Crippen LogP contribution in [0.25, 0.3) is 0 Å². The topological polar surface area (TPSA) is 35.2 Å². The summed E-state index contributed by atoms with van der Waals surface area (Å²) in [5, 5.41) is 0.399. The van der Waals surface area contributed by atoms with Crippen molar-refractivity contribution in [1.29, 1.82) is 0 Å². The van der Waals surface area contributed by atoms with Crippen LogP contribution in [0, 0.1) is 11.6 Å². The third-order valence-electron chi connectivity index (χ3n) is 2.55. The fraction of sp³-hybridized carbons (Fsp3) is 0.143. The SMILES string of the molecule is NCCc1ccc(Oc2ccc(F)c(F)c2)c(Cl)c1. The molecular weight excluding hydrogens is 272 g/mol. The molecule has 2 N–H and O–H groups in total. The lowest BCUT2D eigenvalue weighted by atomic mass is 10.1. The van der Waals surface area contributed by atoms with Crippen molar-refractivity contribution >= 4 is 11.6 Å². The molecule has 2 aromatic carbocycles. The molecule has 0 radical (unpaired) electrons. The van der Waals surface area contributed by atoms with E-state index in [0.717, 1.165) is 17.7 Å². The van der Waals surface area contributed by atoms with Crippen LogP contribution in [0.15, 0.2) is 36.4 Å². The zero-order chi connectivity index (χ0) is 13.8. The van der Waals surface area contributed by atoms with Gasteiger partial charge in [-0.3, -0.25) is 0 Å². The van der Waals surface area contributed by atoms with Crippen LogP contribution in [0.3, 0.4) is 0 Å². The standard InChI is InChI=1S/C14H12ClF2NO/c15-11-7-9(5-6-18)1-4-14(11)19-10-2-3-12(16)13(17)8-10/h1-4,7-8H,5-6,18H2. The first-order chi connectivity index (χ1) is 9.10. The van der Waals surface area contributed by atoms with Gasteiger partial charge in [0.05, 0.1) is 5.02 Å². The average Bonchev–Trinajstić information content (AvgIpc) is 2.37. The lowest BCUT2D eigenvalue weighted by Crippen LogP contribution is -2.02. The number of hydrogen-bond acceptors (Lipinski definition) is 2. The second kappa shape index (κ2) is 5.99. The maximum atomic E-state index is 13.0. The van der Waals surface area contributed by atoms with Gasteiger partial charge in [0.1, 0.15) is 11.5 Å². The van der Waals surface area contributed by atoms with E-state index in [9.17, 15) is 8.78 Å². The third kappa shape index (κ3) is 3.43. The average molecular weight is 284 g/mol. The summed E-state index contributed by atoms with van der Waals surface area (Å²) in [5.41, 5.74) is 6.44. The molecular formula is C14H12ClF2NO. The van der Waals surface area contributed by atoms with Gasteiger partial charge in [-0.1, -0.05) is 17.7 Å². The molecule has 19 heavy (non-hydrogen) atoms. The number of hydrogen-bond donors (Lipinski definition) is 1. The van der Waals surface area contributed by atoms with Crippen molar-refractivity contribution in [3.63, 3.8) is 0 Å². The molecule has 0 bridgehead atoms. The molecule has 2 aromatic rings. The van der Waals surface area contributed by atoms with Crippen LogP contribution in [-0.2, 0) is 6.42 Å². The Morgan fingerprint density at radius 1 is 1.05 bits per heavy atom. The Kier molecular flexibility index (Phi) is 4.35. The molecule has 0 aliphatic carbocycles. The van der Waals surface area contributed by atoms with Gasteiger partial charge in [0.15, 0.2) is 11.6 Å². The Morgan fingerprint density at radius 2 is 1.84 bits per heavy atom. The molecule has 0 aromatic heterocycles. The first-order valence-electron chi connectivity index (χ1n) is 5.71. The van der Waals surface area contributed by atoms with Crippen molar-refractivity contribution in [1.82, 2.24) is 0 Å². The van der Waals surface area contributed by atoms with Gasteiger partial charge in [-0.15, -0.1) is 0 Å². The second-order valence-electron chi connectivity index (χ2n) is 3.98. The third-order valence-corrected chi connectivity index (χ3v) is 2.84. The van der Waals surface area contributed by atoms with E-state index in [1.807, 2.05) is 6.07 Å². The highest BCUT2D eigenvalue weighted by Gasteiger charge is 2.07. The summed E-state index contributed by atoms with van der Waals surface area (Å²) in [7, 11) is 0. The van der Waals surface area contributed by atoms with Gasteiger partial charge in [0, 0.05) is 6.07 Å². The van der Waals surface area contributed by atoms with E-state index in [0.29, 0.717) is 23.7 Å². The first kappa shape index (κ1) is 13.8. The van der Waals surface area contributed by atoms with Gasteiger partial charge in [0.25, 0.3) is 0 Å². The Morgan fingerprint density at radius 3 is 2.47 bits per heavy atom. The summed E-state index contributed by atoms with van der Waals surface area (Å²) in [5.74, 6) is -1.31. The van der Waals surface area contributed by atoms with Gasteiger partial charge in [0.2, 0.25) is 0 Å². The zero-order valence-electron chi connectivity index (χ0n) is 10.00. The molecule has 2 rings (SSSR count). The summed E-state index contributed by atoms with van der Waals surface area (Å²) in [6.07, 6.45) is 0.713. The molecule has 0 atom stereocenters. The Labute approximate surface area is 114 Å². The minimum absolute atomic E-state index is 0.187. The van der Waals surface area contributed by atoms with Crippen LogP contribution in [-0.4, -0.2) is 6.54 Å². The van der Waals surface area contributed by atoms with Crippen LogP contribution >= 0.6 is 11.6 Å². The van der Waals surface area contributed by atoms with Crippen LogP contribution in [0.4, 0.5) is 8.78 Å². The van der Waals surface area contributed by atoms with Crippen molar-refractivity contribution in [2.24, 2.45) is 5.73 Å². The molecule has 0 fully saturated rings. The summed E-state index contributed by atoms with van der Waals surface area (Å²) in [6.45, 7) is 0.527. The normalized spacial score (nSPS) is 10.5. The molecule has 100 valence electrons. The highest BCUT2D eigenvalue weighted by atomic mass is 35.5. The van der Waals surface area contributed by atoms with Crippen molar-refractivity contribution < 1.29 is 13.5 Å². The predicted octanol–water partition coefficient (Wildman–Crippen LogP) is 3.91. The highest BCUT2D eigenvalue weighted by Crippen LogP contribution is 2.30. The lowest BCUT2D eigenvalue weighted by molar-refractivity contribution is 0.461. The molecule has 0 aliphatic heterocycles. The van der Waals surface area contributed by atoms with Gasteiger partial charge in [-0.25, -0.2) is 8.78 Å². The molecule has 5 heteroatoms. The van der Waals surface area contributed by atoms with Gasteiger partial charge < -0.3 is 10.5 Å². The first-order valence-corrected chi connectivity index (χ1v) is 6.09. The van der Waals surface area contributed by atoms with Crippen LogP contribution in [0.1, 0.15) is 5.56 Å². The van der Waals surface area contributed by atoms with Gasteiger partial charge in [-0.05, 0) is 42.8 Å². The summed E-state index contributed by atoms with van der Waals surface area (Å²) in [6, 6.07) is 8.55. The fourth-order valence-electron chi connectivity index (χ4n) is 1.62. The van der Waals surface area contributed by atoms with E-state index in [-0.39, 0.29) is 5.75 Å². The Hall–Kier alpha value is -1.65. The maximum absolute atomic E-state index is 13.0. The summed E-state index contributed by atoms with van der Waals surface area (Å²) in [4.78, 5) is 0. The quantitative estimate of drug-likeness (QED) is 0.923. The smallest absolute Gasteiger partial charge is 0.162 e.